The van der Waals surface area contributed by atoms with Crippen LogP contribution in [0, 0.1) is 11.6 Å². The third-order valence-electron chi connectivity index (χ3n) is 3.00. The van der Waals surface area contributed by atoms with E-state index in [-0.39, 0.29) is 18.0 Å². The van der Waals surface area contributed by atoms with Crippen LogP contribution in [0.5, 0.6) is 0 Å². The van der Waals surface area contributed by atoms with Crippen molar-refractivity contribution < 1.29 is 13.6 Å². The summed E-state index contributed by atoms with van der Waals surface area (Å²) < 4.78 is 27.0. The predicted molar refractivity (Wildman–Crippen MR) is 79.0 cm³/mol. The Morgan fingerprint density at radius 3 is 2.33 bits per heavy atom. The van der Waals surface area contributed by atoms with Crippen molar-refractivity contribution in [1.82, 2.24) is 0 Å². The van der Waals surface area contributed by atoms with Gasteiger partial charge in [0.15, 0.2) is 0 Å². The lowest BCUT2D eigenvalue weighted by Gasteiger charge is -2.10. The van der Waals surface area contributed by atoms with Gasteiger partial charge in [-0.3, -0.25) is 4.79 Å². The van der Waals surface area contributed by atoms with E-state index >= 15 is 0 Å². The van der Waals surface area contributed by atoms with Gasteiger partial charge in [-0.2, -0.15) is 0 Å². The molecule has 0 atom stereocenters. The van der Waals surface area contributed by atoms with E-state index in [1.165, 1.54) is 18.2 Å². The minimum absolute atomic E-state index is 0.0134. The summed E-state index contributed by atoms with van der Waals surface area (Å²) in [7, 11) is 0. The maximum Gasteiger partial charge on any atom is 0.224 e. The molecule has 0 aliphatic carbocycles. The number of hydrogen-bond donors (Lipinski definition) is 2. The molecule has 5 heteroatoms. The maximum absolute atomic E-state index is 13.5. The van der Waals surface area contributed by atoms with E-state index in [2.05, 4.69) is 10.6 Å². The van der Waals surface area contributed by atoms with Gasteiger partial charge < -0.3 is 10.6 Å². The average Bonchev–Trinajstić information content (AvgIpc) is 2.47. The predicted octanol–water partition coefficient (Wildman–Crippen LogP) is 3.93. The first-order valence-electron chi connectivity index (χ1n) is 6.67. The average molecular weight is 290 g/mol. The van der Waals surface area contributed by atoms with Crippen molar-refractivity contribution in [2.24, 2.45) is 0 Å². The Bertz CT molecular complexity index is 624. The van der Waals surface area contributed by atoms with Gasteiger partial charge in [-0.05, 0) is 30.3 Å². The molecule has 0 fully saturated rings. The van der Waals surface area contributed by atoms with Gasteiger partial charge in [-0.15, -0.1) is 0 Å². The molecule has 110 valence electrons. The summed E-state index contributed by atoms with van der Waals surface area (Å²) in [4.78, 5) is 11.3. The van der Waals surface area contributed by atoms with Crippen LogP contribution in [0.25, 0.3) is 0 Å². The third kappa shape index (κ3) is 4.02. The van der Waals surface area contributed by atoms with Gasteiger partial charge in [-0.1, -0.05) is 19.1 Å². The molecule has 0 heterocycles. The summed E-state index contributed by atoms with van der Waals surface area (Å²) in [5.41, 5.74) is 1.30. The molecule has 0 radical (unpaired) electrons. The molecule has 21 heavy (non-hydrogen) atoms. The van der Waals surface area contributed by atoms with Crippen LogP contribution in [-0.4, -0.2) is 5.91 Å². The number of carbonyl (C=O) groups is 1. The molecular weight excluding hydrogens is 274 g/mol. The van der Waals surface area contributed by atoms with Crippen LogP contribution in [0.3, 0.4) is 0 Å². The van der Waals surface area contributed by atoms with Crippen molar-refractivity contribution in [2.45, 2.75) is 19.9 Å². The Hall–Kier alpha value is -2.43. The van der Waals surface area contributed by atoms with Gasteiger partial charge in [0.1, 0.15) is 11.6 Å². The lowest BCUT2D eigenvalue weighted by Crippen LogP contribution is -2.10. The fraction of sp³-hybridized carbons (Fsp3) is 0.188. The van der Waals surface area contributed by atoms with Crippen molar-refractivity contribution in [3.05, 3.63) is 59.7 Å². The zero-order chi connectivity index (χ0) is 15.2. The van der Waals surface area contributed by atoms with Crippen LogP contribution in [-0.2, 0) is 11.3 Å². The van der Waals surface area contributed by atoms with E-state index in [0.717, 1.165) is 0 Å². The number of amides is 1. The monoisotopic (exact) mass is 290 g/mol. The van der Waals surface area contributed by atoms with Crippen LogP contribution in [0.4, 0.5) is 20.2 Å². The van der Waals surface area contributed by atoms with Crippen LogP contribution in [0.1, 0.15) is 18.9 Å². The first-order chi connectivity index (χ1) is 10.1. The summed E-state index contributed by atoms with van der Waals surface area (Å²) in [5.74, 6) is -1.26. The minimum Gasteiger partial charge on any atom is -0.381 e. The Morgan fingerprint density at radius 1 is 1.05 bits per heavy atom. The standard InChI is InChI=1S/C16H16F2N2O/c1-2-16(21)20-12-6-3-5-11(9-12)19-10-13-14(17)7-4-8-15(13)18/h3-9,19H,2,10H2,1H3,(H,20,21). The molecule has 2 aromatic carbocycles. The van der Waals surface area contributed by atoms with E-state index in [4.69, 9.17) is 0 Å². The SMILES string of the molecule is CCC(=O)Nc1cccc(NCc2c(F)cccc2F)c1. The van der Waals surface area contributed by atoms with Crippen LogP contribution >= 0.6 is 0 Å². The summed E-state index contributed by atoms with van der Waals surface area (Å²) in [6.45, 7) is 1.79. The summed E-state index contributed by atoms with van der Waals surface area (Å²) in [6, 6.07) is 10.8. The van der Waals surface area contributed by atoms with E-state index in [9.17, 15) is 13.6 Å². The van der Waals surface area contributed by atoms with E-state index in [1.54, 1.807) is 31.2 Å². The van der Waals surface area contributed by atoms with Crippen LogP contribution in [0.2, 0.25) is 0 Å². The van der Waals surface area contributed by atoms with Gasteiger partial charge in [0.05, 0.1) is 0 Å². The molecular formula is C16H16F2N2O. The van der Waals surface area contributed by atoms with Crippen LogP contribution in [0.15, 0.2) is 42.5 Å². The molecule has 3 nitrogen and oxygen atoms in total. The second-order valence-electron chi connectivity index (χ2n) is 4.54. The number of carbonyl (C=O) groups excluding carboxylic acids is 1. The number of rotatable bonds is 5. The lowest BCUT2D eigenvalue weighted by molar-refractivity contribution is -0.115. The number of nitrogens with one attached hydrogen (secondary N) is 2. The first kappa shape index (κ1) is 15.0. The highest BCUT2D eigenvalue weighted by atomic mass is 19.1. The van der Waals surface area contributed by atoms with E-state index < -0.39 is 11.6 Å². The molecule has 0 bridgehead atoms. The minimum atomic E-state index is -0.585. The molecule has 2 rings (SSSR count). The van der Waals surface area contributed by atoms with Gasteiger partial charge in [-0.25, -0.2) is 8.78 Å². The molecule has 2 N–H and O–H groups in total. The number of hydrogen-bond acceptors (Lipinski definition) is 2. The molecule has 0 spiro atoms. The Morgan fingerprint density at radius 2 is 1.67 bits per heavy atom. The van der Waals surface area contributed by atoms with Crippen molar-refractivity contribution in [2.75, 3.05) is 10.6 Å². The van der Waals surface area contributed by atoms with Gasteiger partial charge in [0.25, 0.3) is 0 Å². The molecule has 0 aliphatic rings. The molecule has 1 amide bonds. The summed E-state index contributed by atoms with van der Waals surface area (Å²) in [6.07, 6.45) is 0.387. The molecule has 0 saturated carbocycles. The highest BCUT2D eigenvalue weighted by Crippen LogP contribution is 2.18. The van der Waals surface area contributed by atoms with Crippen molar-refractivity contribution >= 4 is 17.3 Å². The van der Waals surface area contributed by atoms with E-state index in [1.807, 2.05) is 0 Å². The van der Waals surface area contributed by atoms with Crippen LogP contribution < -0.4 is 10.6 Å². The Balaban J connectivity index is 2.07. The first-order valence-corrected chi connectivity index (χ1v) is 6.67. The summed E-state index contributed by atoms with van der Waals surface area (Å²) in [5, 5.41) is 5.67. The molecule has 0 aliphatic heterocycles. The van der Waals surface area contributed by atoms with E-state index in [0.29, 0.717) is 17.8 Å². The van der Waals surface area contributed by atoms with Crippen molar-refractivity contribution in [3.63, 3.8) is 0 Å². The topological polar surface area (TPSA) is 41.1 Å². The highest BCUT2D eigenvalue weighted by molar-refractivity contribution is 5.90. The quantitative estimate of drug-likeness (QED) is 0.876. The molecule has 0 saturated heterocycles. The number of halogens is 2. The zero-order valence-corrected chi connectivity index (χ0v) is 11.6. The third-order valence-corrected chi connectivity index (χ3v) is 3.00. The Labute approximate surface area is 122 Å². The zero-order valence-electron chi connectivity index (χ0n) is 11.6. The molecule has 0 unspecified atom stereocenters. The van der Waals surface area contributed by atoms with Gasteiger partial charge >= 0.3 is 0 Å². The second-order valence-corrected chi connectivity index (χ2v) is 4.54. The molecule has 2 aromatic rings. The maximum atomic E-state index is 13.5. The molecule has 0 aromatic heterocycles. The van der Waals surface area contributed by atoms with Crippen molar-refractivity contribution in [3.8, 4) is 0 Å². The lowest BCUT2D eigenvalue weighted by atomic mass is 10.2. The van der Waals surface area contributed by atoms with Gasteiger partial charge in [0, 0.05) is 29.9 Å². The second kappa shape index (κ2) is 6.83. The largest absolute Gasteiger partial charge is 0.381 e. The normalized spacial score (nSPS) is 10.2. The number of benzene rings is 2. The fourth-order valence-corrected chi connectivity index (χ4v) is 1.85. The summed E-state index contributed by atoms with van der Waals surface area (Å²) >= 11 is 0. The number of anilines is 2. The Kier molecular flexibility index (Phi) is 4.87. The fourth-order valence-electron chi connectivity index (χ4n) is 1.85. The smallest absolute Gasteiger partial charge is 0.224 e. The van der Waals surface area contributed by atoms with Crippen molar-refractivity contribution in [1.29, 1.82) is 0 Å². The van der Waals surface area contributed by atoms with Gasteiger partial charge in [0.2, 0.25) is 5.91 Å². The highest BCUT2D eigenvalue weighted by Gasteiger charge is 2.08.